The van der Waals surface area contributed by atoms with Crippen molar-refractivity contribution in [2.75, 3.05) is 129 Å². The predicted octanol–water partition coefficient (Wildman–Crippen LogP) is 17.0. The number of rotatable bonds is 30. The van der Waals surface area contributed by atoms with E-state index in [2.05, 4.69) is 122 Å². The minimum atomic E-state index is 0.346. The summed E-state index contributed by atoms with van der Waals surface area (Å²) >= 11 is 0. The second kappa shape index (κ2) is 47.5. The highest BCUT2D eigenvalue weighted by Gasteiger charge is 2.23. The monoisotopic (exact) mass is 1960 g/mol. The number of anilines is 9. The minimum absolute atomic E-state index is 0.346. The third kappa shape index (κ3) is 25.3. The normalized spacial score (nSPS) is 11.5. The van der Waals surface area contributed by atoms with Gasteiger partial charge in [0.2, 0.25) is 5.88 Å². The summed E-state index contributed by atoms with van der Waals surface area (Å²) in [6, 6.07) is 48.6. The molecular formula is C110H105N27O10. The van der Waals surface area contributed by atoms with Gasteiger partial charge in [-0.25, -0.2) is 39.9 Å². The zero-order valence-electron chi connectivity index (χ0n) is 83.0. The molecule has 1 aliphatic heterocycles. The molecule has 8 aromatic carbocycles. The average Bonchev–Trinajstić information content (AvgIpc) is 1.67. The van der Waals surface area contributed by atoms with Crippen LogP contribution in [0.4, 0.5) is 51.3 Å². The maximum Gasteiger partial charge on any atom is 0.216 e. The van der Waals surface area contributed by atoms with Gasteiger partial charge in [0, 0.05) is 244 Å². The molecule has 147 heavy (non-hydrogen) atoms. The Kier molecular flexibility index (Phi) is 32.2. The fourth-order valence-corrected chi connectivity index (χ4v) is 16.2. The zero-order chi connectivity index (χ0) is 102. The number of hydrogen-bond donors (Lipinski definition) is 1. The molecule has 0 amide bonds. The summed E-state index contributed by atoms with van der Waals surface area (Å²) in [5.74, 6) is 23.0. The van der Waals surface area contributed by atoms with Crippen molar-refractivity contribution >= 4 is 95.5 Å². The van der Waals surface area contributed by atoms with Gasteiger partial charge in [-0.1, -0.05) is 17.8 Å². The number of aromatic nitrogens is 22. The van der Waals surface area contributed by atoms with Crippen LogP contribution < -0.4 is 68.0 Å². The Morgan fingerprint density at radius 2 is 0.735 bits per heavy atom. The van der Waals surface area contributed by atoms with Crippen molar-refractivity contribution in [3.05, 3.63) is 280 Å². The van der Waals surface area contributed by atoms with Gasteiger partial charge >= 0.3 is 0 Å². The van der Waals surface area contributed by atoms with E-state index in [0.29, 0.717) is 108 Å². The first-order chi connectivity index (χ1) is 71.9. The number of nitrogens with two attached hydrogens (primary N) is 1. The lowest BCUT2D eigenvalue weighted by Crippen LogP contribution is -2.20. The van der Waals surface area contributed by atoms with Crippen molar-refractivity contribution in [2.45, 2.75) is 32.2 Å². The van der Waals surface area contributed by atoms with Crippen molar-refractivity contribution in [1.82, 2.24) is 109 Å². The molecule has 37 heteroatoms. The van der Waals surface area contributed by atoms with E-state index in [0.717, 1.165) is 180 Å². The van der Waals surface area contributed by atoms with Crippen LogP contribution in [-0.4, -0.2) is 212 Å². The van der Waals surface area contributed by atoms with Gasteiger partial charge in [-0.3, -0.25) is 43.6 Å². The number of nitrogen functional groups attached to an aromatic ring is 1. The van der Waals surface area contributed by atoms with Crippen LogP contribution in [0.5, 0.6) is 51.9 Å². The lowest BCUT2D eigenvalue weighted by molar-refractivity contribution is 0.0601. The molecule has 1 fully saturated rings. The molecule has 0 spiro atoms. The highest BCUT2D eigenvalue weighted by atomic mass is 16.5. The summed E-state index contributed by atoms with van der Waals surface area (Å²) in [6.07, 6.45) is 41.0. The number of terminal acetylenes is 1. The average molecular weight is 1970 g/mol. The van der Waals surface area contributed by atoms with Gasteiger partial charge in [-0.2, -0.15) is 25.4 Å². The maximum atomic E-state index is 5.73. The van der Waals surface area contributed by atoms with Gasteiger partial charge in [0.05, 0.1) is 219 Å². The lowest BCUT2D eigenvalue weighted by Gasteiger charge is -2.26. The maximum absolute atomic E-state index is 5.73. The standard InChI is InChI=1S/C28H29N7O3.C28H29N5O3.C27H24N8O2.C27H23N7O2/c1-34-18-19(16-31-34)26-17-30-24-8-7-20(14-25(24)32-26)35(21-12-22(36-2)15-23(13-21)37-3)11-5-6-27-29-10-9-28(33-27)38-4;1-4-9-33(23-12-24(34-2)15-25(13-23)35-3)22-5-6-26-27(14-22)31-28(17-29-26)21-16-30-32(19-21)18-20-7-10-36-11-8-20;1-34-17-18(13-32-34)26-15-30-24-7-6-20(11-25(24)33-26)35(8-4-5-19-14-31-27(28)16-29-19)21-9-22(36-2)12-23(10-21)37-3;1-33-18-19(15-31-33)27-17-30-25-7-6-21(13-26(25)32-27)34(10-4-5-20-16-28-8-9-29-20)22-11-23(35-2)14-24(12-22)36-3/h7-10,12-18H,5-6,11H2,1-4H3;1,5-6,12-17,19-20H,7-11,18H2,2-3H3;6-7,9-17H,8H2,1-3H3,(H2,28,31);6-9,11-18H,10H2,1-3H3. The quantitative estimate of drug-likeness (QED) is 0.0409. The van der Waals surface area contributed by atoms with Crippen molar-refractivity contribution in [3.8, 4) is 133 Å². The largest absolute Gasteiger partial charge is 0.497 e. The predicted molar refractivity (Wildman–Crippen MR) is 564 cm³/mol. The van der Waals surface area contributed by atoms with Crippen molar-refractivity contribution in [3.63, 3.8) is 0 Å². The van der Waals surface area contributed by atoms with Gasteiger partial charge < -0.3 is 72.7 Å². The fraction of sp³-hybridized carbons (Fsp3) is 0.218. The van der Waals surface area contributed by atoms with E-state index in [1.807, 2.05) is 200 Å². The van der Waals surface area contributed by atoms with Gasteiger partial charge in [-0.05, 0) is 110 Å². The van der Waals surface area contributed by atoms with Crippen LogP contribution in [0.3, 0.4) is 0 Å². The third-order valence-electron chi connectivity index (χ3n) is 23.7. The molecule has 0 aliphatic carbocycles. The molecule has 0 saturated carbocycles. The molecule has 37 nitrogen and oxygen atoms in total. The molecule has 0 radical (unpaired) electrons. The van der Waals surface area contributed by atoms with Gasteiger partial charge in [0.25, 0.3) is 0 Å². The molecule has 12 heterocycles. The Morgan fingerprint density at radius 3 is 1.10 bits per heavy atom. The first-order valence-corrected chi connectivity index (χ1v) is 46.7. The smallest absolute Gasteiger partial charge is 0.216 e. The molecule has 20 rings (SSSR count). The SMILES string of the molecule is C#CCN(c1cc(OC)cc(OC)c1)c1ccc2ncc(-c3cnn(CC4CCOCC4)c3)nc2c1.COc1cc(OC)cc(N(CC#Cc2cnc(N)cn2)c2ccc3ncc(-c4cnn(C)c4)nc3c2)c1.COc1cc(OC)cc(N(CC#Cc2cnccn2)c2ccc3ncc(-c4cnn(C)c4)nc3c2)c1.COc1cc(OC)cc(N(CCCc2nccc(OC)n2)c2ccc3ncc(-c4cnn(C)c4)nc3c2)c1. The minimum Gasteiger partial charge on any atom is -0.497 e. The zero-order valence-corrected chi connectivity index (χ0v) is 83.0. The Hall–Kier alpha value is -19.0. The first-order valence-electron chi connectivity index (χ1n) is 46.7. The van der Waals surface area contributed by atoms with Gasteiger partial charge in [-0.15, -0.1) is 6.42 Å². The van der Waals surface area contributed by atoms with Crippen LogP contribution in [0.15, 0.2) is 263 Å². The van der Waals surface area contributed by atoms with Crippen LogP contribution in [-0.2, 0) is 38.8 Å². The third-order valence-corrected chi connectivity index (χ3v) is 23.7. The molecule has 0 unspecified atom stereocenters. The van der Waals surface area contributed by atoms with E-state index in [1.54, 1.807) is 158 Å². The molecule has 740 valence electrons. The Labute approximate surface area is 848 Å². The van der Waals surface area contributed by atoms with Crippen LogP contribution in [0, 0.1) is 41.9 Å². The Balaban J connectivity index is 0.000000134. The van der Waals surface area contributed by atoms with E-state index in [-0.39, 0.29) is 0 Å². The molecular weight excluding hydrogens is 1860 g/mol. The van der Waals surface area contributed by atoms with Crippen LogP contribution >= 0.6 is 0 Å². The number of hydrogen-bond acceptors (Lipinski definition) is 33. The van der Waals surface area contributed by atoms with Crippen LogP contribution in [0.2, 0.25) is 0 Å². The summed E-state index contributed by atoms with van der Waals surface area (Å²) in [5, 5.41) is 17.3. The van der Waals surface area contributed by atoms with E-state index in [1.165, 1.54) is 6.20 Å². The molecule has 1 aliphatic rings. The van der Waals surface area contributed by atoms with Gasteiger partial charge in [0.1, 0.15) is 69.0 Å². The summed E-state index contributed by atoms with van der Waals surface area (Å²) < 4.78 is 62.0. The second-order valence-corrected chi connectivity index (χ2v) is 33.5. The molecule has 19 aromatic rings. The molecule has 2 N–H and O–H groups in total. The number of ether oxygens (including phenoxy) is 10. The molecule has 11 aromatic heterocycles. The molecule has 0 atom stereocenters. The van der Waals surface area contributed by atoms with Crippen molar-refractivity contribution < 1.29 is 47.4 Å². The molecule has 1 saturated heterocycles. The Bertz CT molecular complexity index is 7900. The lowest BCUT2D eigenvalue weighted by atomic mass is 10.0. The summed E-state index contributed by atoms with van der Waals surface area (Å²) in [5.41, 5.74) is 26.9. The van der Waals surface area contributed by atoms with E-state index < -0.39 is 0 Å². The number of benzene rings is 8. The van der Waals surface area contributed by atoms with Crippen LogP contribution in [0.25, 0.3) is 89.2 Å². The summed E-state index contributed by atoms with van der Waals surface area (Å²) in [7, 11) is 20.3. The topological polar surface area (TPSA) is 383 Å². The van der Waals surface area contributed by atoms with Gasteiger partial charge in [0.15, 0.2) is 0 Å². The summed E-state index contributed by atoms with van der Waals surface area (Å²) in [6.45, 7) is 4.34. The van der Waals surface area contributed by atoms with Crippen LogP contribution in [0.1, 0.15) is 36.5 Å². The summed E-state index contributed by atoms with van der Waals surface area (Å²) in [4.78, 5) is 71.7. The Morgan fingerprint density at radius 1 is 0.354 bits per heavy atom. The number of methoxy groups -OCH3 is 9. The second-order valence-electron chi connectivity index (χ2n) is 33.5. The first kappa shape index (κ1) is 99.6. The molecule has 0 bridgehead atoms. The van der Waals surface area contributed by atoms with E-state index >= 15 is 0 Å². The number of fused-ring (bicyclic) bond motifs is 4. The van der Waals surface area contributed by atoms with E-state index in [4.69, 9.17) is 79.5 Å². The highest BCUT2D eigenvalue weighted by Crippen LogP contribution is 2.41. The fourth-order valence-electron chi connectivity index (χ4n) is 16.2. The van der Waals surface area contributed by atoms with Crippen molar-refractivity contribution in [2.24, 2.45) is 27.1 Å². The number of nitrogens with zero attached hydrogens (tertiary/aromatic N) is 26. The highest BCUT2D eigenvalue weighted by molar-refractivity contribution is 5.88. The number of aryl methyl sites for hydroxylation is 4. The van der Waals surface area contributed by atoms with E-state index in [9.17, 15) is 0 Å². The van der Waals surface area contributed by atoms with Crippen molar-refractivity contribution in [1.29, 1.82) is 0 Å².